The first-order valence-electron chi connectivity index (χ1n) is 12.3. The lowest BCUT2D eigenvalue weighted by molar-refractivity contribution is -0.351. The molecule has 3 rings (SSSR count). The molecule has 0 radical (unpaired) electrons. The quantitative estimate of drug-likeness (QED) is 0.139. The maximum Gasteiger partial charge on any atom is 0.335 e. The maximum absolute atomic E-state index is 12.1. The summed E-state index contributed by atoms with van der Waals surface area (Å²) in [5, 5.41) is 77.1. The van der Waals surface area contributed by atoms with Crippen molar-refractivity contribution in [3.05, 3.63) is 0 Å². The first kappa shape index (κ1) is 31.5. The Bertz CT molecular complexity index is 894. The average molecular weight is 569 g/mol. The molecule has 17 heteroatoms. The van der Waals surface area contributed by atoms with Crippen molar-refractivity contribution in [2.45, 2.75) is 120 Å². The molecule has 3 aliphatic rings. The van der Waals surface area contributed by atoms with Gasteiger partial charge in [-0.25, -0.2) is 4.79 Å². The van der Waals surface area contributed by atoms with Crippen molar-refractivity contribution in [1.82, 2.24) is 10.6 Å². The number of nitrogens with one attached hydrogen (secondary N) is 2. The van der Waals surface area contributed by atoms with Gasteiger partial charge in [-0.2, -0.15) is 0 Å². The van der Waals surface area contributed by atoms with E-state index in [4.69, 9.17) is 23.7 Å². The van der Waals surface area contributed by atoms with Gasteiger partial charge in [0.25, 0.3) is 0 Å². The highest BCUT2D eigenvalue weighted by Crippen LogP contribution is 2.32. The van der Waals surface area contributed by atoms with Crippen LogP contribution in [0, 0.1) is 0 Å². The van der Waals surface area contributed by atoms with E-state index in [2.05, 4.69) is 10.6 Å². The highest BCUT2D eigenvalue weighted by atomic mass is 16.7. The molecule has 3 heterocycles. The Labute approximate surface area is 222 Å². The Hall–Kier alpha value is -2.03. The summed E-state index contributed by atoms with van der Waals surface area (Å²) in [4.78, 5) is 35.8. The van der Waals surface area contributed by atoms with Gasteiger partial charge in [-0.3, -0.25) is 9.59 Å². The molecule has 0 aromatic rings. The Morgan fingerprint density at radius 1 is 0.641 bits per heavy atom. The maximum atomic E-state index is 12.1. The van der Waals surface area contributed by atoms with Gasteiger partial charge in [-0.1, -0.05) is 0 Å². The molecular weight excluding hydrogens is 532 g/mol. The normalized spacial score (nSPS) is 46.8. The Kier molecular flexibility index (Phi) is 10.2. The molecular formula is C22H36N2O15. The number of aliphatic hydroxyl groups excluding tert-OH is 6. The van der Waals surface area contributed by atoms with E-state index in [1.54, 1.807) is 0 Å². The van der Waals surface area contributed by atoms with Gasteiger partial charge in [0.15, 0.2) is 25.0 Å². The summed E-state index contributed by atoms with van der Waals surface area (Å²) in [5.74, 6) is -2.98. The van der Waals surface area contributed by atoms with Crippen molar-refractivity contribution in [2.24, 2.45) is 0 Å². The minimum absolute atomic E-state index is 0.620. The molecule has 0 spiro atoms. The number of rotatable bonds is 7. The lowest BCUT2D eigenvalue weighted by Crippen LogP contribution is -2.70. The van der Waals surface area contributed by atoms with E-state index < -0.39 is 110 Å². The lowest BCUT2D eigenvalue weighted by atomic mass is 9.94. The van der Waals surface area contributed by atoms with Crippen LogP contribution in [0.3, 0.4) is 0 Å². The Morgan fingerprint density at radius 2 is 1.18 bits per heavy atom. The number of carbonyl (C=O) groups excluding carboxylic acids is 2. The van der Waals surface area contributed by atoms with Crippen molar-refractivity contribution in [1.29, 1.82) is 0 Å². The number of carboxylic acid groups (broad SMARTS) is 1. The molecule has 15 atom stereocenters. The first-order chi connectivity index (χ1) is 18.1. The van der Waals surface area contributed by atoms with E-state index in [0.717, 1.165) is 13.8 Å². The number of ether oxygens (including phenoxy) is 5. The van der Waals surface area contributed by atoms with Crippen LogP contribution in [-0.2, 0) is 38.1 Å². The first-order valence-corrected chi connectivity index (χ1v) is 12.3. The van der Waals surface area contributed by atoms with Crippen molar-refractivity contribution in [3.8, 4) is 0 Å². The average Bonchev–Trinajstić information content (AvgIpc) is 2.84. The number of carbonyl (C=O) groups is 3. The molecule has 0 bridgehead atoms. The number of hydrogen-bond donors (Lipinski definition) is 9. The fraction of sp³-hybridized carbons (Fsp3) is 0.864. The van der Waals surface area contributed by atoms with Gasteiger partial charge in [0.2, 0.25) is 11.8 Å². The summed E-state index contributed by atoms with van der Waals surface area (Å²) in [7, 11) is 0. The fourth-order valence-electron chi connectivity index (χ4n) is 4.72. The molecule has 0 aromatic heterocycles. The molecule has 3 aliphatic heterocycles. The standard InChI is InChI=1S/C22H36N2O15/c1-5-11(27)14(30)15(31)22(36-5)38-17-13(29)9(23-7(3)25)21(39-18(17)19(32)33)37-16-10(24-8(4)26)20(34)35-6(2)12(16)28/h5-6,9-18,20-22,27-31,34H,1-4H3,(H,23,25)(H,24,26)(H,32,33)/t5-,6+,9+,10+,11-,12+,13+,14+,15+,16+,17+,18-,20?,21-,22-/m0/s1. The highest BCUT2D eigenvalue weighted by Gasteiger charge is 2.55. The summed E-state index contributed by atoms with van der Waals surface area (Å²) >= 11 is 0. The van der Waals surface area contributed by atoms with E-state index in [1.165, 1.54) is 13.8 Å². The second-order valence-electron chi connectivity index (χ2n) is 9.81. The minimum atomic E-state index is -2.01. The molecule has 9 N–H and O–H groups in total. The van der Waals surface area contributed by atoms with E-state index in [0.29, 0.717) is 0 Å². The number of carboxylic acids is 1. The largest absolute Gasteiger partial charge is 0.479 e. The predicted octanol–water partition coefficient (Wildman–Crippen LogP) is -5.14. The van der Waals surface area contributed by atoms with Crippen LogP contribution >= 0.6 is 0 Å². The van der Waals surface area contributed by atoms with Gasteiger partial charge in [-0.15, -0.1) is 0 Å². The van der Waals surface area contributed by atoms with Crippen LogP contribution in [0.5, 0.6) is 0 Å². The van der Waals surface area contributed by atoms with Gasteiger partial charge in [-0.05, 0) is 13.8 Å². The van der Waals surface area contributed by atoms with Gasteiger partial charge in [0, 0.05) is 13.8 Å². The molecule has 3 fully saturated rings. The molecule has 1 unspecified atom stereocenters. The zero-order valence-electron chi connectivity index (χ0n) is 21.6. The Balaban J connectivity index is 1.91. The fourth-order valence-corrected chi connectivity index (χ4v) is 4.72. The van der Waals surface area contributed by atoms with Gasteiger partial charge < -0.3 is 70.1 Å². The monoisotopic (exact) mass is 568 g/mol. The molecule has 224 valence electrons. The lowest BCUT2D eigenvalue weighted by Gasteiger charge is -2.48. The van der Waals surface area contributed by atoms with E-state index in [9.17, 15) is 50.1 Å². The zero-order chi connectivity index (χ0) is 29.3. The minimum Gasteiger partial charge on any atom is -0.479 e. The van der Waals surface area contributed by atoms with Crippen molar-refractivity contribution in [3.63, 3.8) is 0 Å². The molecule has 0 aromatic carbocycles. The summed E-state index contributed by atoms with van der Waals surface area (Å²) in [6.07, 6.45) is -20.9. The van der Waals surface area contributed by atoms with Gasteiger partial charge >= 0.3 is 5.97 Å². The van der Waals surface area contributed by atoms with Crippen LogP contribution in [0.1, 0.15) is 27.7 Å². The van der Waals surface area contributed by atoms with Crippen LogP contribution < -0.4 is 10.6 Å². The van der Waals surface area contributed by atoms with Crippen LogP contribution in [-0.4, -0.2) is 146 Å². The number of hydrogen-bond acceptors (Lipinski definition) is 14. The third kappa shape index (κ3) is 6.83. The summed E-state index contributed by atoms with van der Waals surface area (Å²) < 4.78 is 27.4. The second kappa shape index (κ2) is 12.6. The summed E-state index contributed by atoms with van der Waals surface area (Å²) in [6.45, 7) is 4.99. The molecule has 0 aliphatic carbocycles. The SMILES string of the molecule is CC(=O)N[C@H]1[C@@H](O[C@H]2[C@H](O)[C@@H](C)OC(O)[C@@H]2NC(C)=O)O[C@H](C(=O)O)[C@H](O[C@@H]2O[C@@H](C)[C@H](O)[C@@H](O)[C@H]2O)[C@@H]1O. The third-order valence-corrected chi connectivity index (χ3v) is 6.78. The van der Waals surface area contributed by atoms with Crippen LogP contribution in [0.25, 0.3) is 0 Å². The van der Waals surface area contributed by atoms with E-state index >= 15 is 0 Å². The topological polar surface area (TPSA) is 263 Å². The smallest absolute Gasteiger partial charge is 0.335 e. The van der Waals surface area contributed by atoms with Crippen LogP contribution in [0.15, 0.2) is 0 Å². The van der Waals surface area contributed by atoms with Crippen molar-refractivity contribution >= 4 is 17.8 Å². The predicted molar refractivity (Wildman–Crippen MR) is 122 cm³/mol. The number of aliphatic carboxylic acids is 1. The molecule has 0 saturated carbocycles. The molecule has 3 saturated heterocycles. The van der Waals surface area contributed by atoms with E-state index in [1.807, 2.05) is 0 Å². The van der Waals surface area contributed by atoms with Gasteiger partial charge in [0.1, 0.15) is 54.8 Å². The zero-order valence-corrected chi connectivity index (χ0v) is 21.6. The van der Waals surface area contributed by atoms with Crippen LogP contribution in [0.4, 0.5) is 0 Å². The molecule has 2 amide bonds. The summed E-state index contributed by atoms with van der Waals surface area (Å²) in [5.41, 5.74) is 0. The van der Waals surface area contributed by atoms with Crippen molar-refractivity contribution in [2.75, 3.05) is 0 Å². The molecule has 39 heavy (non-hydrogen) atoms. The number of aliphatic hydroxyl groups is 6. The van der Waals surface area contributed by atoms with E-state index in [-0.39, 0.29) is 0 Å². The van der Waals surface area contributed by atoms with Crippen molar-refractivity contribution < 1.29 is 73.8 Å². The molecule has 17 nitrogen and oxygen atoms in total. The Morgan fingerprint density at radius 3 is 1.74 bits per heavy atom. The summed E-state index contributed by atoms with van der Waals surface area (Å²) in [6, 6.07) is -2.90. The number of amides is 2. The van der Waals surface area contributed by atoms with Crippen LogP contribution in [0.2, 0.25) is 0 Å². The second-order valence-corrected chi connectivity index (χ2v) is 9.81. The third-order valence-electron chi connectivity index (χ3n) is 6.78. The van der Waals surface area contributed by atoms with Gasteiger partial charge in [0.05, 0.1) is 12.2 Å². The highest BCUT2D eigenvalue weighted by molar-refractivity contribution is 5.75.